The minimum atomic E-state index is -3.60. The maximum absolute atomic E-state index is 12.0. The van der Waals surface area contributed by atoms with E-state index in [0.717, 1.165) is 30.6 Å². The fraction of sp³-hybridized carbons (Fsp3) is 0.692. The van der Waals surface area contributed by atoms with E-state index in [-0.39, 0.29) is 6.04 Å². The molecule has 1 heterocycles. The second-order valence-corrected chi connectivity index (χ2v) is 8.65. The van der Waals surface area contributed by atoms with Gasteiger partial charge in [0.2, 0.25) is 15.9 Å². The average Bonchev–Trinajstić information content (AvgIpc) is 2.76. The Balaban J connectivity index is 1.84. The van der Waals surface area contributed by atoms with Crippen LogP contribution in [0.1, 0.15) is 37.5 Å². The number of carbonyl (C=O) groups is 1. The number of hydrogen-bond acceptors (Lipinski definition) is 5. The molecule has 118 valence electrons. The number of nitrogens with zero attached hydrogens (tertiary/aromatic N) is 1. The van der Waals surface area contributed by atoms with Crippen molar-refractivity contribution in [1.82, 2.24) is 9.71 Å². The Labute approximate surface area is 129 Å². The monoisotopic (exact) mass is 331 g/mol. The molecule has 0 spiro atoms. The second kappa shape index (κ2) is 6.85. The number of sulfonamides is 1. The van der Waals surface area contributed by atoms with Crippen molar-refractivity contribution in [1.29, 1.82) is 0 Å². The maximum Gasteiger partial charge on any atom is 0.242 e. The molecule has 0 radical (unpaired) electrons. The molecular weight excluding hydrogens is 310 g/mol. The third-order valence-corrected chi connectivity index (χ3v) is 5.71. The quantitative estimate of drug-likeness (QED) is 0.862. The molecule has 0 aromatic carbocycles. The average molecular weight is 331 g/mol. The Morgan fingerprint density at radius 3 is 2.62 bits per heavy atom. The van der Waals surface area contributed by atoms with Gasteiger partial charge in [-0.2, -0.15) is 0 Å². The molecule has 1 aliphatic rings. The molecule has 8 heteroatoms. The highest BCUT2D eigenvalue weighted by Crippen LogP contribution is 2.24. The van der Waals surface area contributed by atoms with Gasteiger partial charge in [0.1, 0.15) is 5.75 Å². The fourth-order valence-electron chi connectivity index (χ4n) is 2.41. The Morgan fingerprint density at radius 2 is 2.05 bits per heavy atom. The van der Waals surface area contributed by atoms with E-state index in [0.29, 0.717) is 11.0 Å². The van der Waals surface area contributed by atoms with Crippen LogP contribution in [0.2, 0.25) is 0 Å². The largest absolute Gasteiger partial charge is 0.301 e. The molecular formula is C13H21N3O3S2. The summed E-state index contributed by atoms with van der Waals surface area (Å²) in [6.45, 7) is 4.05. The van der Waals surface area contributed by atoms with E-state index in [1.54, 1.807) is 6.20 Å². The van der Waals surface area contributed by atoms with Crippen LogP contribution in [0.3, 0.4) is 0 Å². The Hall–Kier alpha value is -0.990. The number of nitrogens with one attached hydrogen (secondary N) is 2. The van der Waals surface area contributed by atoms with Crippen LogP contribution in [-0.4, -0.2) is 31.1 Å². The Bertz CT molecular complexity index is 590. The molecule has 2 rings (SSSR count). The predicted molar refractivity (Wildman–Crippen MR) is 83.8 cm³/mol. The fourth-order valence-corrected chi connectivity index (χ4v) is 4.34. The number of anilines is 1. The van der Waals surface area contributed by atoms with Crippen molar-refractivity contribution in [3.05, 3.63) is 11.1 Å². The van der Waals surface area contributed by atoms with Crippen molar-refractivity contribution in [2.24, 2.45) is 5.92 Å². The third kappa shape index (κ3) is 5.37. The van der Waals surface area contributed by atoms with Gasteiger partial charge in [-0.25, -0.2) is 18.1 Å². The summed E-state index contributed by atoms with van der Waals surface area (Å²) in [5, 5.41) is 2.94. The molecule has 1 saturated carbocycles. The minimum absolute atomic E-state index is 0.0406. The van der Waals surface area contributed by atoms with E-state index in [1.807, 2.05) is 6.92 Å². The molecule has 0 atom stereocenters. The summed E-state index contributed by atoms with van der Waals surface area (Å²) in [5.74, 6) is -0.458. The van der Waals surface area contributed by atoms with Crippen molar-refractivity contribution in [3.63, 3.8) is 0 Å². The number of rotatable bonds is 5. The number of carbonyl (C=O) groups excluding carboxylic acids is 1. The topological polar surface area (TPSA) is 88.2 Å². The maximum atomic E-state index is 12.0. The highest BCUT2D eigenvalue weighted by atomic mass is 32.2. The molecule has 2 N–H and O–H groups in total. The zero-order valence-corrected chi connectivity index (χ0v) is 13.9. The van der Waals surface area contributed by atoms with Crippen LogP contribution >= 0.6 is 11.3 Å². The summed E-state index contributed by atoms with van der Waals surface area (Å²) in [5.41, 5.74) is 0. The zero-order valence-electron chi connectivity index (χ0n) is 12.3. The molecule has 0 aliphatic heterocycles. The third-order valence-electron chi connectivity index (χ3n) is 3.55. The van der Waals surface area contributed by atoms with Gasteiger partial charge in [-0.1, -0.05) is 6.92 Å². The minimum Gasteiger partial charge on any atom is -0.301 e. The molecule has 1 amide bonds. The second-order valence-electron chi connectivity index (χ2n) is 5.66. The van der Waals surface area contributed by atoms with Crippen LogP contribution < -0.4 is 10.0 Å². The summed E-state index contributed by atoms with van der Waals surface area (Å²) in [7, 11) is -3.60. The number of hydrogen-bond donors (Lipinski definition) is 2. The van der Waals surface area contributed by atoms with Crippen LogP contribution in [0, 0.1) is 12.8 Å². The van der Waals surface area contributed by atoms with Crippen molar-refractivity contribution in [2.45, 2.75) is 45.6 Å². The van der Waals surface area contributed by atoms with E-state index in [4.69, 9.17) is 0 Å². The van der Waals surface area contributed by atoms with Crippen molar-refractivity contribution in [2.75, 3.05) is 11.1 Å². The molecule has 6 nitrogen and oxygen atoms in total. The molecule has 1 aliphatic carbocycles. The highest BCUT2D eigenvalue weighted by Gasteiger charge is 2.24. The van der Waals surface area contributed by atoms with Crippen molar-refractivity contribution < 1.29 is 13.2 Å². The zero-order chi connectivity index (χ0) is 15.5. The lowest BCUT2D eigenvalue weighted by Gasteiger charge is -2.26. The van der Waals surface area contributed by atoms with E-state index >= 15 is 0 Å². The van der Waals surface area contributed by atoms with E-state index in [2.05, 4.69) is 21.9 Å². The van der Waals surface area contributed by atoms with Crippen molar-refractivity contribution >= 4 is 32.4 Å². The summed E-state index contributed by atoms with van der Waals surface area (Å²) in [6, 6.07) is -0.0406. The molecule has 0 bridgehead atoms. The molecule has 0 unspecified atom stereocenters. The first-order valence-electron chi connectivity index (χ1n) is 7.06. The van der Waals surface area contributed by atoms with Gasteiger partial charge in [-0.05, 0) is 38.5 Å². The SMILES string of the molecule is Cc1cnc(NC(=O)CS(=O)(=O)NC2CCC(C)CC2)s1. The summed E-state index contributed by atoms with van der Waals surface area (Å²) in [4.78, 5) is 16.7. The number of aryl methyl sites for hydroxylation is 1. The standard InChI is InChI=1S/C13H21N3O3S2/c1-9-3-5-11(6-4-9)16-21(18,19)8-12(17)15-13-14-7-10(2)20-13/h7,9,11,16H,3-6,8H2,1-2H3,(H,14,15,17). The predicted octanol–water partition coefficient (Wildman–Crippen LogP) is 1.89. The van der Waals surface area contributed by atoms with Crippen LogP contribution in [0.25, 0.3) is 0 Å². The summed E-state index contributed by atoms with van der Waals surface area (Å²) in [6.07, 6.45) is 5.37. The van der Waals surface area contributed by atoms with Crippen LogP contribution in [-0.2, 0) is 14.8 Å². The first-order chi connectivity index (χ1) is 9.84. The van der Waals surface area contributed by atoms with Gasteiger partial charge in [-0.3, -0.25) is 4.79 Å². The Kier molecular flexibility index (Phi) is 5.34. The molecule has 1 fully saturated rings. The van der Waals surface area contributed by atoms with Gasteiger partial charge in [0.05, 0.1) is 0 Å². The van der Waals surface area contributed by atoms with Gasteiger partial charge >= 0.3 is 0 Å². The summed E-state index contributed by atoms with van der Waals surface area (Å²) < 4.78 is 26.6. The Morgan fingerprint density at radius 1 is 1.38 bits per heavy atom. The van der Waals surface area contributed by atoms with Crippen molar-refractivity contribution in [3.8, 4) is 0 Å². The van der Waals surface area contributed by atoms with Crippen LogP contribution in [0.4, 0.5) is 5.13 Å². The number of thiazole rings is 1. The van der Waals surface area contributed by atoms with Gasteiger partial charge in [0.25, 0.3) is 0 Å². The smallest absolute Gasteiger partial charge is 0.242 e. The number of amides is 1. The van der Waals surface area contributed by atoms with E-state index in [1.165, 1.54) is 11.3 Å². The van der Waals surface area contributed by atoms with Gasteiger partial charge < -0.3 is 5.32 Å². The first-order valence-corrected chi connectivity index (χ1v) is 9.53. The molecule has 1 aromatic rings. The molecule has 1 aromatic heterocycles. The number of aromatic nitrogens is 1. The first kappa shape index (κ1) is 16.4. The lowest BCUT2D eigenvalue weighted by molar-refractivity contribution is -0.113. The summed E-state index contributed by atoms with van der Waals surface area (Å²) >= 11 is 1.32. The van der Waals surface area contributed by atoms with Crippen LogP contribution in [0.15, 0.2) is 6.20 Å². The van der Waals surface area contributed by atoms with E-state index < -0.39 is 21.7 Å². The van der Waals surface area contributed by atoms with Gasteiger partial charge in [0.15, 0.2) is 5.13 Å². The van der Waals surface area contributed by atoms with Gasteiger partial charge in [0, 0.05) is 17.1 Å². The normalized spacial score (nSPS) is 23.0. The van der Waals surface area contributed by atoms with E-state index in [9.17, 15) is 13.2 Å². The lowest BCUT2D eigenvalue weighted by atomic mass is 9.88. The molecule has 21 heavy (non-hydrogen) atoms. The molecule has 0 saturated heterocycles. The highest BCUT2D eigenvalue weighted by molar-refractivity contribution is 7.90. The van der Waals surface area contributed by atoms with Gasteiger partial charge in [-0.15, -0.1) is 11.3 Å². The van der Waals surface area contributed by atoms with Crippen LogP contribution in [0.5, 0.6) is 0 Å². The lowest BCUT2D eigenvalue weighted by Crippen LogP contribution is -2.41.